The van der Waals surface area contributed by atoms with Gasteiger partial charge in [0.25, 0.3) is 5.92 Å². The Balaban J connectivity index is 0.00000288. The molecule has 0 aromatic heterocycles. The second-order valence-electron chi connectivity index (χ2n) is 6.01. The van der Waals surface area contributed by atoms with Gasteiger partial charge in [-0.15, -0.1) is 24.8 Å². The second kappa shape index (κ2) is 10.8. The van der Waals surface area contributed by atoms with Crippen LogP contribution in [0.3, 0.4) is 0 Å². The minimum atomic E-state index is -2.80. The van der Waals surface area contributed by atoms with Crippen LogP contribution < -0.4 is 15.4 Å². The van der Waals surface area contributed by atoms with Gasteiger partial charge in [0.15, 0.2) is 0 Å². The molecule has 9 heteroatoms. The highest BCUT2D eigenvalue weighted by Gasteiger charge is 2.42. The standard InChI is InChI=1S/C16H23F2N3O2.2ClH/c1-21(2)6-7-23-13-5-3-4-12(8-13)10-19-15(22)14-9-16(17,18)11-20-14;;/h3-5,8,14,20H,6-7,9-11H2,1-2H3,(H,19,22);2*1H. The molecular formula is C16H25Cl2F2N3O2. The lowest BCUT2D eigenvalue weighted by Crippen LogP contribution is -2.40. The molecule has 1 aromatic rings. The monoisotopic (exact) mass is 399 g/mol. The van der Waals surface area contributed by atoms with Gasteiger partial charge in [-0.3, -0.25) is 10.1 Å². The topological polar surface area (TPSA) is 53.6 Å². The summed E-state index contributed by atoms with van der Waals surface area (Å²) in [5, 5.41) is 5.22. The first-order valence-electron chi connectivity index (χ1n) is 7.61. The molecule has 1 atom stereocenters. The van der Waals surface area contributed by atoms with Crippen molar-refractivity contribution in [3.05, 3.63) is 29.8 Å². The van der Waals surface area contributed by atoms with E-state index < -0.39 is 30.8 Å². The van der Waals surface area contributed by atoms with Gasteiger partial charge in [0.1, 0.15) is 12.4 Å². The fraction of sp³-hybridized carbons (Fsp3) is 0.562. The largest absolute Gasteiger partial charge is 0.492 e. The molecule has 0 aliphatic carbocycles. The summed E-state index contributed by atoms with van der Waals surface area (Å²) < 4.78 is 31.8. The van der Waals surface area contributed by atoms with Gasteiger partial charge >= 0.3 is 0 Å². The summed E-state index contributed by atoms with van der Waals surface area (Å²) in [6, 6.07) is 6.56. The van der Waals surface area contributed by atoms with Crippen LogP contribution in [-0.4, -0.2) is 56.6 Å². The minimum absolute atomic E-state index is 0. The molecule has 1 saturated heterocycles. The molecule has 0 saturated carbocycles. The number of likely N-dealkylation sites (N-methyl/N-ethyl adjacent to an activating group) is 1. The van der Waals surface area contributed by atoms with Crippen LogP contribution in [0.2, 0.25) is 0 Å². The number of hydrogen-bond donors (Lipinski definition) is 2. The Kier molecular flexibility index (Phi) is 10.3. The average molecular weight is 400 g/mol. The molecule has 1 aliphatic rings. The fourth-order valence-corrected chi connectivity index (χ4v) is 2.30. The maximum absolute atomic E-state index is 13.1. The van der Waals surface area contributed by atoms with Gasteiger partial charge in [-0.25, -0.2) is 8.78 Å². The lowest BCUT2D eigenvalue weighted by Gasteiger charge is -2.13. The van der Waals surface area contributed by atoms with E-state index in [4.69, 9.17) is 4.74 Å². The van der Waals surface area contributed by atoms with Crippen molar-refractivity contribution in [3.8, 4) is 5.75 Å². The van der Waals surface area contributed by atoms with Crippen molar-refractivity contribution >= 4 is 30.7 Å². The lowest BCUT2D eigenvalue weighted by molar-refractivity contribution is -0.123. The Morgan fingerprint density at radius 2 is 2.12 bits per heavy atom. The summed E-state index contributed by atoms with van der Waals surface area (Å²) in [7, 11) is 3.94. The Hall–Kier alpha value is -1.15. The molecule has 0 bridgehead atoms. The Bertz CT molecular complexity index is 548. The first kappa shape index (κ1) is 23.9. The van der Waals surface area contributed by atoms with E-state index >= 15 is 0 Å². The number of benzene rings is 1. The lowest BCUT2D eigenvalue weighted by atomic mass is 10.1. The number of nitrogens with one attached hydrogen (secondary N) is 2. The number of rotatable bonds is 7. The smallest absolute Gasteiger partial charge is 0.262 e. The van der Waals surface area contributed by atoms with E-state index in [9.17, 15) is 13.6 Å². The minimum Gasteiger partial charge on any atom is -0.492 e. The zero-order valence-electron chi connectivity index (χ0n) is 14.3. The maximum Gasteiger partial charge on any atom is 0.262 e. The maximum atomic E-state index is 13.1. The van der Waals surface area contributed by atoms with E-state index in [1.807, 2.05) is 43.3 Å². The van der Waals surface area contributed by atoms with Gasteiger partial charge in [-0.1, -0.05) is 12.1 Å². The summed E-state index contributed by atoms with van der Waals surface area (Å²) in [6.07, 6.45) is -0.452. The molecule has 1 heterocycles. The van der Waals surface area contributed by atoms with Crippen LogP contribution in [0.1, 0.15) is 12.0 Å². The van der Waals surface area contributed by atoms with Crippen LogP contribution in [0, 0.1) is 0 Å². The average Bonchev–Trinajstić information content (AvgIpc) is 2.85. The number of carbonyl (C=O) groups excluding carboxylic acids is 1. The molecule has 25 heavy (non-hydrogen) atoms. The summed E-state index contributed by atoms with van der Waals surface area (Å²) >= 11 is 0. The Morgan fingerprint density at radius 3 is 2.72 bits per heavy atom. The van der Waals surface area contributed by atoms with Gasteiger partial charge in [-0.05, 0) is 31.8 Å². The zero-order chi connectivity index (χ0) is 16.9. The van der Waals surface area contributed by atoms with Gasteiger partial charge in [0, 0.05) is 19.5 Å². The summed E-state index contributed by atoms with van der Waals surface area (Å²) in [5.74, 6) is -2.48. The predicted molar refractivity (Wildman–Crippen MR) is 98.2 cm³/mol. The third kappa shape index (κ3) is 8.18. The molecule has 2 N–H and O–H groups in total. The fourth-order valence-electron chi connectivity index (χ4n) is 2.30. The molecule has 144 valence electrons. The van der Waals surface area contributed by atoms with E-state index in [0.717, 1.165) is 17.9 Å². The highest BCUT2D eigenvalue weighted by atomic mass is 35.5. The Labute approximate surface area is 159 Å². The van der Waals surface area contributed by atoms with Crippen LogP contribution in [0.5, 0.6) is 5.75 Å². The molecule has 1 aromatic carbocycles. The number of nitrogens with zero attached hydrogens (tertiary/aromatic N) is 1. The first-order valence-corrected chi connectivity index (χ1v) is 7.61. The van der Waals surface area contributed by atoms with Crippen molar-refractivity contribution in [3.63, 3.8) is 0 Å². The number of halogens is 4. The summed E-state index contributed by atoms with van der Waals surface area (Å²) in [4.78, 5) is 13.9. The van der Waals surface area contributed by atoms with Crippen LogP contribution in [-0.2, 0) is 11.3 Å². The summed E-state index contributed by atoms with van der Waals surface area (Å²) in [5.41, 5.74) is 0.866. The molecular weight excluding hydrogens is 375 g/mol. The van der Waals surface area contributed by atoms with Crippen molar-refractivity contribution < 1.29 is 18.3 Å². The highest BCUT2D eigenvalue weighted by Crippen LogP contribution is 2.25. The summed E-state index contributed by atoms with van der Waals surface area (Å²) in [6.45, 7) is 1.22. The molecule has 5 nitrogen and oxygen atoms in total. The van der Waals surface area contributed by atoms with Gasteiger partial charge < -0.3 is 15.0 Å². The van der Waals surface area contributed by atoms with Crippen LogP contribution >= 0.6 is 24.8 Å². The molecule has 1 fully saturated rings. The van der Waals surface area contributed by atoms with E-state index in [0.29, 0.717) is 6.61 Å². The van der Waals surface area contributed by atoms with Crippen molar-refractivity contribution in [2.75, 3.05) is 33.8 Å². The van der Waals surface area contributed by atoms with E-state index in [-0.39, 0.29) is 31.4 Å². The first-order chi connectivity index (χ1) is 10.9. The van der Waals surface area contributed by atoms with Gasteiger partial charge in [0.2, 0.25) is 5.91 Å². The van der Waals surface area contributed by atoms with Crippen LogP contribution in [0.15, 0.2) is 24.3 Å². The van der Waals surface area contributed by atoms with E-state index in [1.165, 1.54) is 0 Å². The quantitative estimate of drug-likeness (QED) is 0.736. The normalized spacial score (nSPS) is 18.2. The van der Waals surface area contributed by atoms with Crippen LogP contribution in [0.25, 0.3) is 0 Å². The van der Waals surface area contributed by atoms with Crippen molar-refractivity contribution in [2.45, 2.75) is 24.9 Å². The molecule has 2 rings (SSSR count). The highest BCUT2D eigenvalue weighted by molar-refractivity contribution is 5.85. The van der Waals surface area contributed by atoms with Crippen molar-refractivity contribution in [1.82, 2.24) is 15.5 Å². The van der Waals surface area contributed by atoms with Crippen molar-refractivity contribution in [1.29, 1.82) is 0 Å². The molecule has 0 spiro atoms. The Morgan fingerprint density at radius 1 is 1.40 bits per heavy atom. The SMILES string of the molecule is CN(C)CCOc1cccc(CNC(=O)C2CC(F)(F)CN2)c1.Cl.Cl. The van der Waals surface area contributed by atoms with E-state index in [1.54, 1.807) is 0 Å². The number of amides is 1. The molecule has 1 unspecified atom stereocenters. The zero-order valence-corrected chi connectivity index (χ0v) is 15.9. The second-order valence-corrected chi connectivity index (χ2v) is 6.01. The van der Waals surface area contributed by atoms with Crippen molar-refractivity contribution in [2.24, 2.45) is 0 Å². The third-order valence-electron chi connectivity index (χ3n) is 3.60. The number of alkyl halides is 2. The van der Waals surface area contributed by atoms with E-state index in [2.05, 4.69) is 10.6 Å². The predicted octanol–water partition coefficient (Wildman–Crippen LogP) is 2.08. The molecule has 1 amide bonds. The number of ether oxygens (including phenoxy) is 1. The number of carbonyl (C=O) groups is 1. The third-order valence-corrected chi connectivity index (χ3v) is 3.60. The molecule has 1 aliphatic heterocycles. The van der Waals surface area contributed by atoms with Gasteiger partial charge in [-0.2, -0.15) is 0 Å². The number of hydrogen-bond acceptors (Lipinski definition) is 4. The van der Waals surface area contributed by atoms with Crippen LogP contribution in [0.4, 0.5) is 8.78 Å². The molecule has 0 radical (unpaired) electrons. The van der Waals surface area contributed by atoms with Gasteiger partial charge in [0.05, 0.1) is 12.6 Å².